The molecule has 0 unspecified atom stereocenters. The summed E-state index contributed by atoms with van der Waals surface area (Å²) in [7, 11) is 0. The molecule has 35 heavy (non-hydrogen) atoms. The van der Waals surface area contributed by atoms with Crippen molar-refractivity contribution in [3.63, 3.8) is 0 Å². The molecule has 0 fully saturated rings. The number of amides is 2. The van der Waals surface area contributed by atoms with E-state index in [1.54, 1.807) is 31.2 Å². The maximum Gasteiger partial charge on any atom is 0.265 e. The summed E-state index contributed by atoms with van der Waals surface area (Å²) in [5.74, 6) is -0.0122. The lowest BCUT2D eigenvalue weighted by Crippen LogP contribution is -2.30. The van der Waals surface area contributed by atoms with Gasteiger partial charge in [0.2, 0.25) is 0 Å². The van der Waals surface area contributed by atoms with E-state index >= 15 is 0 Å². The molecule has 5 nitrogen and oxygen atoms in total. The fraction of sp³-hybridized carbons (Fsp3) is 0.214. The molecule has 7 heteroatoms. The highest BCUT2D eigenvalue weighted by molar-refractivity contribution is 7.17. The van der Waals surface area contributed by atoms with Crippen LogP contribution < -0.4 is 15.4 Å². The van der Waals surface area contributed by atoms with Crippen LogP contribution in [0.15, 0.2) is 66.7 Å². The number of nitrogens with one attached hydrogen (secondary N) is 2. The molecule has 1 atom stereocenters. The maximum absolute atomic E-state index is 13.6. The number of fused-ring (bicyclic) bond motifs is 2. The van der Waals surface area contributed by atoms with Crippen LogP contribution in [-0.2, 0) is 17.6 Å². The van der Waals surface area contributed by atoms with E-state index < -0.39 is 6.10 Å². The van der Waals surface area contributed by atoms with Gasteiger partial charge in [-0.25, -0.2) is 0 Å². The Balaban J connectivity index is 1.41. The minimum absolute atomic E-state index is 0.209. The minimum Gasteiger partial charge on any atom is -0.481 e. The summed E-state index contributed by atoms with van der Waals surface area (Å²) in [6.45, 7) is 1.68. The summed E-state index contributed by atoms with van der Waals surface area (Å²) >= 11 is 7.52. The lowest BCUT2D eigenvalue weighted by Gasteiger charge is -2.16. The van der Waals surface area contributed by atoms with Crippen molar-refractivity contribution in [2.75, 3.05) is 10.6 Å². The van der Waals surface area contributed by atoms with Crippen molar-refractivity contribution in [2.45, 2.75) is 38.7 Å². The molecule has 3 aromatic carbocycles. The first kappa shape index (κ1) is 23.4. The number of anilines is 2. The molecule has 0 aliphatic heterocycles. The Morgan fingerprint density at radius 1 is 0.971 bits per heavy atom. The number of hydrogen-bond acceptors (Lipinski definition) is 4. The van der Waals surface area contributed by atoms with Crippen LogP contribution in [0.4, 0.5) is 10.7 Å². The lowest BCUT2D eigenvalue weighted by atomic mass is 9.95. The number of carbonyl (C=O) groups excluding carboxylic acids is 2. The van der Waals surface area contributed by atoms with E-state index in [1.165, 1.54) is 11.3 Å². The van der Waals surface area contributed by atoms with Crippen LogP contribution in [-0.4, -0.2) is 17.9 Å². The standard InChI is InChI=1S/C28H25ClN2O3S/c1-17(34-20-11-7-10-19(29)16-20)26(32)31-28-25(22-13-4-5-15-24(22)35-28)27(33)30-23-14-6-9-18-8-2-3-12-21(18)23/h2-3,6-12,14,16-17H,4-5,13,15H2,1H3,(H,30,33)(H,31,32)/t17-/m0/s1. The zero-order valence-corrected chi connectivity index (χ0v) is 20.8. The van der Waals surface area contributed by atoms with E-state index in [0.29, 0.717) is 21.3 Å². The van der Waals surface area contributed by atoms with Crippen molar-refractivity contribution >= 4 is 56.2 Å². The van der Waals surface area contributed by atoms with Crippen molar-refractivity contribution in [1.82, 2.24) is 0 Å². The second kappa shape index (κ2) is 10.1. The Bertz CT molecular complexity index is 1410. The highest BCUT2D eigenvalue weighted by atomic mass is 35.5. The summed E-state index contributed by atoms with van der Waals surface area (Å²) in [6.07, 6.45) is 3.09. The van der Waals surface area contributed by atoms with E-state index in [1.807, 2.05) is 42.5 Å². The van der Waals surface area contributed by atoms with Gasteiger partial charge in [-0.2, -0.15) is 0 Å². The first-order valence-corrected chi connectivity index (χ1v) is 12.9. The molecule has 178 valence electrons. The van der Waals surface area contributed by atoms with Gasteiger partial charge in [-0.3, -0.25) is 9.59 Å². The molecule has 2 N–H and O–H groups in total. The SMILES string of the molecule is C[C@H](Oc1cccc(Cl)c1)C(=O)Nc1sc2c(c1C(=O)Nc1cccc3ccccc13)CCCC2. The Labute approximate surface area is 213 Å². The monoisotopic (exact) mass is 504 g/mol. The van der Waals surface area contributed by atoms with Crippen molar-refractivity contribution in [3.8, 4) is 5.75 Å². The zero-order valence-electron chi connectivity index (χ0n) is 19.3. The molecule has 0 saturated heterocycles. The van der Waals surface area contributed by atoms with Gasteiger partial charge in [0.15, 0.2) is 6.10 Å². The van der Waals surface area contributed by atoms with Crippen LogP contribution in [0.25, 0.3) is 10.8 Å². The summed E-state index contributed by atoms with van der Waals surface area (Å²) in [4.78, 5) is 27.8. The van der Waals surface area contributed by atoms with Crippen LogP contribution in [0.3, 0.4) is 0 Å². The van der Waals surface area contributed by atoms with Crippen LogP contribution in [0.5, 0.6) is 5.75 Å². The molecular formula is C28H25ClN2O3S. The smallest absolute Gasteiger partial charge is 0.265 e. The van der Waals surface area contributed by atoms with E-state index in [2.05, 4.69) is 10.6 Å². The average Bonchev–Trinajstić information content (AvgIpc) is 3.22. The molecule has 1 aromatic heterocycles. The fourth-order valence-electron chi connectivity index (χ4n) is 4.42. The lowest BCUT2D eigenvalue weighted by molar-refractivity contribution is -0.122. The Morgan fingerprint density at radius 3 is 2.60 bits per heavy atom. The van der Waals surface area contributed by atoms with Crippen LogP contribution >= 0.6 is 22.9 Å². The molecule has 4 aromatic rings. The number of aryl methyl sites for hydroxylation is 1. The molecule has 0 bridgehead atoms. The average molecular weight is 505 g/mol. The number of halogens is 1. The quantitative estimate of drug-likeness (QED) is 0.294. The van der Waals surface area contributed by atoms with Gasteiger partial charge >= 0.3 is 0 Å². The maximum atomic E-state index is 13.6. The number of ether oxygens (including phenoxy) is 1. The van der Waals surface area contributed by atoms with Gasteiger partial charge in [-0.1, -0.05) is 54.1 Å². The summed E-state index contributed by atoms with van der Waals surface area (Å²) in [5.41, 5.74) is 2.34. The van der Waals surface area contributed by atoms with Gasteiger partial charge in [-0.15, -0.1) is 11.3 Å². The minimum atomic E-state index is -0.762. The Kier molecular flexibility index (Phi) is 6.75. The van der Waals surface area contributed by atoms with Gasteiger partial charge in [0.1, 0.15) is 10.8 Å². The third-order valence-corrected chi connectivity index (χ3v) is 7.59. The molecule has 1 heterocycles. The number of rotatable bonds is 6. The first-order chi connectivity index (χ1) is 17.0. The van der Waals surface area contributed by atoms with E-state index in [-0.39, 0.29) is 11.8 Å². The number of hydrogen-bond donors (Lipinski definition) is 2. The van der Waals surface area contributed by atoms with E-state index in [4.69, 9.17) is 16.3 Å². The van der Waals surface area contributed by atoms with Gasteiger partial charge in [-0.05, 0) is 67.8 Å². The molecule has 0 spiro atoms. The topological polar surface area (TPSA) is 67.4 Å². The molecule has 2 amide bonds. The molecule has 0 saturated carbocycles. The van der Waals surface area contributed by atoms with Crippen LogP contribution in [0, 0.1) is 0 Å². The fourth-order valence-corrected chi connectivity index (χ4v) is 5.89. The van der Waals surface area contributed by atoms with Gasteiger partial charge < -0.3 is 15.4 Å². The number of benzene rings is 3. The number of thiophene rings is 1. The zero-order chi connectivity index (χ0) is 24.4. The first-order valence-electron chi connectivity index (χ1n) is 11.7. The number of carbonyl (C=O) groups is 2. The second-order valence-electron chi connectivity index (χ2n) is 8.60. The largest absolute Gasteiger partial charge is 0.481 e. The van der Waals surface area contributed by atoms with Crippen molar-refractivity contribution in [2.24, 2.45) is 0 Å². The predicted molar refractivity (Wildman–Crippen MR) is 143 cm³/mol. The molecule has 5 rings (SSSR count). The third kappa shape index (κ3) is 5.04. The molecule has 1 aliphatic rings. The third-order valence-electron chi connectivity index (χ3n) is 6.15. The Morgan fingerprint density at radius 2 is 1.74 bits per heavy atom. The molecule has 1 aliphatic carbocycles. The van der Waals surface area contributed by atoms with Gasteiger partial charge in [0, 0.05) is 21.0 Å². The van der Waals surface area contributed by atoms with E-state index in [0.717, 1.165) is 52.6 Å². The normalized spacial score (nSPS) is 13.7. The van der Waals surface area contributed by atoms with Crippen molar-refractivity contribution in [3.05, 3.63) is 87.8 Å². The predicted octanol–water partition coefficient (Wildman–Crippen LogP) is 7.09. The Hall–Kier alpha value is -3.35. The van der Waals surface area contributed by atoms with E-state index in [9.17, 15) is 9.59 Å². The summed E-state index contributed by atoms with van der Waals surface area (Å²) in [6, 6.07) is 20.7. The highest BCUT2D eigenvalue weighted by Crippen LogP contribution is 2.39. The summed E-state index contributed by atoms with van der Waals surface area (Å²) in [5, 5.41) is 9.20. The van der Waals surface area contributed by atoms with Gasteiger partial charge in [0.05, 0.1) is 5.56 Å². The van der Waals surface area contributed by atoms with Crippen LogP contribution in [0.1, 0.15) is 40.6 Å². The van der Waals surface area contributed by atoms with Crippen LogP contribution in [0.2, 0.25) is 5.02 Å². The molecular weight excluding hydrogens is 480 g/mol. The van der Waals surface area contributed by atoms with Crippen molar-refractivity contribution < 1.29 is 14.3 Å². The van der Waals surface area contributed by atoms with Gasteiger partial charge in [0.25, 0.3) is 11.8 Å². The summed E-state index contributed by atoms with van der Waals surface area (Å²) < 4.78 is 5.78. The second-order valence-corrected chi connectivity index (χ2v) is 10.1. The highest BCUT2D eigenvalue weighted by Gasteiger charge is 2.28. The van der Waals surface area contributed by atoms with Crippen molar-refractivity contribution in [1.29, 1.82) is 0 Å². The molecule has 0 radical (unpaired) electrons.